The Hall–Kier alpha value is -0.960. The highest BCUT2D eigenvalue weighted by Gasteiger charge is 2.68. The molecular weight excluding hydrogens is 401 g/mol. The van der Waals surface area contributed by atoms with Gasteiger partial charge in [0.15, 0.2) is 0 Å². The van der Waals surface area contributed by atoms with Crippen molar-refractivity contribution >= 4 is 23.5 Å². The van der Waals surface area contributed by atoms with Gasteiger partial charge in [0.2, 0.25) is 5.91 Å². The van der Waals surface area contributed by atoms with E-state index >= 15 is 0 Å². The first-order valence-electron chi connectivity index (χ1n) is 10.6. The van der Waals surface area contributed by atoms with Gasteiger partial charge in [0.05, 0.1) is 30.7 Å². The first-order valence-corrected chi connectivity index (χ1v) is 11.1. The Morgan fingerprint density at radius 2 is 1.93 bits per heavy atom. The van der Waals surface area contributed by atoms with E-state index < -0.39 is 11.5 Å². The molecule has 5 fully saturated rings. The van der Waals surface area contributed by atoms with Crippen LogP contribution in [0, 0.1) is 5.92 Å². The molecule has 5 atom stereocenters. The van der Waals surface area contributed by atoms with Crippen LogP contribution in [0.4, 0.5) is 4.39 Å². The van der Waals surface area contributed by atoms with Crippen molar-refractivity contribution in [2.24, 2.45) is 5.92 Å². The molecule has 0 aromatic carbocycles. The van der Waals surface area contributed by atoms with Crippen molar-refractivity contribution in [3.05, 3.63) is 0 Å². The summed E-state index contributed by atoms with van der Waals surface area (Å²) < 4.78 is 24.1. The number of alkyl halides is 2. The van der Waals surface area contributed by atoms with E-state index in [0.717, 1.165) is 38.6 Å². The molecule has 5 aliphatic rings. The monoisotopic (exact) mass is 431 g/mol. The number of ether oxygens (including phenoxy) is 2. The number of hydrogen-bond donors (Lipinski definition) is 3. The summed E-state index contributed by atoms with van der Waals surface area (Å²) >= 11 is 5.88. The maximum atomic E-state index is 13.7. The van der Waals surface area contributed by atoms with Crippen molar-refractivity contribution in [2.75, 3.05) is 20.3 Å². The fraction of sp³-hybridized carbons (Fsp3) is 0.900. The summed E-state index contributed by atoms with van der Waals surface area (Å²) in [4.78, 5) is 24.1. The molecule has 3 N–H and O–H groups in total. The van der Waals surface area contributed by atoms with Gasteiger partial charge >= 0.3 is 5.97 Å². The summed E-state index contributed by atoms with van der Waals surface area (Å²) in [6.45, 7) is 0.760. The highest BCUT2D eigenvalue weighted by molar-refractivity contribution is 6.21. The van der Waals surface area contributed by atoms with Crippen LogP contribution in [0.5, 0.6) is 0 Å². The predicted molar refractivity (Wildman–Crippen MR) is 105 cm³/mol. The highest BCUT2D eigenvalue weighted by atomic mass is 35.5. The van der Waals surface area contributed by atoms with Gasteiger partial charge in [-0.05, 0) is 51.5 Å². The third kappa shape index (κ3) is 4.55. The standard InChI is InChI=1S/C20H31ClFN3O4/c1-28-18(27)12-4-5-23-16(6-12)24-19-9-20(10-19,11-19)25-17(26)8-29-13-2-3-14(21)15(22)7-13/h12-16,23-24H,2-11H2,1H3,(H,25,26). The quantitative estimate of drug-likeness (QED) is 0.417. The Kier molecular flexibility index (Phi) is 6.08. The number of methoxy groups -OCH3 is 1. The molecule has 0 spiro atoms. The maximum absolute atomic E-state index is 13.7. The van der Waals surface area contributed by atoms with Crippen LogP contribution in [0.15, 0.2) is 0 Å². The van der Waals surface area contributed by atoms with Crippen LogP contribution in [-0.2, 0) is 19.1 Å². The SMILES string of the molecule is COC(=O)C1CCNC(NC23CC(NC(=O)COC4CCC(Cl)C(F)C4)(C2)C3)C1. The van der Waals surface area contributed by atoms with Gasteiger partial charge in [0.25, 0.3) is 0 Å². The third-order valence-electron chi connectivity index (χ3n) is 6.95. The van der Waals surface area contributed by atoms with Crippen LogP contribution in [0.2, 0.25) is 0 Å². The van der Waals surface area contributed by atoms with Crippen LogP contribution in [0.1, 0.15) is 51.4 Å². The van der Waals surface area contributed by atoms with Gasteiger partial charge in [-0.1, -0.05) is 0 Å². The minimum absolute atomic E-state index is 0.0303. The van der Waals surface area contributed by atoms with E-state index in [1.807, 2.05) is 0 Å². The zero-order chi connectivity index (χ0) is 20.6. The number of piperidine rings is 1. The molecule has 2 bridgehead atoms. The van der Waals surface area contributed by atoms with Gasteiger partial charge in [0, 0.05) is 17.5 Å². The molecule has 164 valence electrons. The second-order valence-electron chi connectivity index (χ2n) is 9.31. The zero-order valence-electron chi connectivity index (χ0n) is 16.8. The van der Waals surface area contributed by atoms with Crippen molar-refractivity contribution in [3.63, 3.8) is 0 Å². The number of hydrogen-bond acceptors (Lipinski definition) is 6. The minimum atomic E-state index is -1.06. The number of halogens is 2. The molecule has 0 aromatic rings. The summed E-state index contributed by atoms with van der Waals surface area (Å²) in [6.07, 6.45) is 4.53. The van der Waals surface area contributed by atoms with E-state index in [-0.39, 0.29) is 54.2 Å². The van der Waals surface area contributed by atoms with Crippen LogP contribution in [0.3, 0.4) is 0 Å². The third-order valence-corrected chi connectivity index (χ3v) is 7.44. The van der Waals surface area contributed by atoms with Gasteiger partial charge < -0.3 is 20.1 Å². The lowest BCUT2D eigenvalue weighted by atomic mass is 9.44. The summed E-state index contributed by atoms with van der Waals surface area (Å²) in [6, 6.07) is 0. The number of carbonyl (C=O) groups is 2. The van der Waals surface area contributed by atoms with Crippen LogP contribution in [0.25, 0.3) is 0 Å². The smallest absolute Gasteiger partial charge is 0.308 e. The summed E-state index contributed by atoms with van der Waals surface area (Å²) in [5.41, 5.74) is -0.0930. The summed E-state index contributed by atoms with van der Waals surface area (Å²) in [5, 5.41) is 9.73. The normalized spacial score (nSPS) is 43.6. The van der Waals surface area contributed by atoms with Gasteiger partial charge in [-0.3, -0.25) is 14.9 Å². The van der Waals surface area contributed by atoms with Crippen molar-refractivity contribution in [1.82, 2.24) is 16.0 Å². The summed E-state index contributed by atoms with van der Waals surface area (Å²) in [7, 11) is 1.43. The number of carbonyl (C=O) groups excluding carboxylic acids is 2. The number of amides is 1. The van der Waals surface area contributed by atoms with Crippen molar-refractivity contribution < 1.29 is 23.5 Å². The molecule has 5 rings (SSSR count). The molecular formula is C20H31ClFN3O4. The number of rotatable bonds is 7. The lowest BCUT2D eigenvalue weighted by molar-refractivity contribution is -0.153. The molecule has 1 aliphatic heterocycles. The Morgan fingerprint density at radius 3 is 2.62 bits per heavy atom. The molecule has 7 nitrogen and oxygen atoms in total. The van der Waals surface area contributed by atoms with Crippen molar-refractivity contribution in [2.45, 2.75) is 86.3 Å². The van der Waals surface area contributed by atoms with E-state index in [2.05, 4.69) is 16.0 Å². The lowest BCUT2D eigenvalue weighted by Gasteiger charge is -2.71. The second kappa shape index (κ2) is 8.29. The van der Waals surface area contributed by atoms with E-state index in [9.17, 15) is 14.0 Å². The molecule has 1 amide bonds. The van der Waals surface area contributed by atoms with E-state index in [1.165, 1.54) is 7.11 Å². The highest BCUT2D eigenvalue weighted by Crippen LogP contribution is 2.60. The lowest BCUT2D eigenvalue weighted by Crippen LogP contribution is -2.85. The Bertz CT molecular complexity index is 631. The van der Waals surface area contributed by atoms with E-state index in [0.29, 0.717) is 12.8 Å². The molecule has 4 aliphatic carbocycles. The maximum Gasteiger partial charge on any atom is 0.308 e. The van der Waals surface area contributed by atoms with Crippen LogP contribution in [-0.4, -0.2) is 67.0 Å². The molecule has 0 radical (unpaired) electrons. The van der Waals surface area contributed by atoms with Crippen LogP contribution < -0.4 is 16.0 Å². The average Bonchev–Trinajstić information content (AvgIpc) is 2.66. The minimum Gasteiger partial charge on any atom is -0.469 e. The number of nitrogens with one attached hydrogen (secondary N) is 3. The first-order chi connectivity index (χ1) is 13.8. The predicted octanol–water partition coefficient (Wildman–Crippen LogP) is 1.38. The van der Waals surface area contributed by atoms with E-state index in [4.69, 9.17) is 21.1 Å². The molecule has 5 unspecified atom stereocenters. The molecule has 1 heterocycles. The number of esters is 1. The van der Waals surface area contributed by atoms with Gasteiger partial charge in [-0.15, -0.1) is 11.6 Å². The molecule has 1 saturated heterocycles. The average molecular weight is 432 g/mol. The Morgan fingerprint density at radius 1 is 1.17 bits per heavy atom. The zero-order valence-corrected chi connectivity index (χ0v) is 17.6. The Balaban J connectivity index is 1.16. The fourth-order valence-electron chi connectivity index (χ4n) is 5.57. The van der Waals surface area contributed by atoms with Gasteiger partial charge in [-0.25, -0.2) is 4.39 Å². The van der Waals surface area contributed by atoms with Gasteiger partial charge in [-0.2, -0.15) is 0 Å². The first kappa shape index (κ1) is 21.3. The van der Waals surface area contributed by atoms with Gasteiger partial charge in [0.1, 0.15) is 12.8 Å². The Labute approximate surface area is 175 Å². The molecule has 0 aromatic heterocycles. The fourth-order valence-corrected chi connectivity index (χ4v) is 5.80. The molecule has 29 heavy (non-hydrogen) atoms. The molecule has 4 saturated carbocycles. The largest absolute Gasteiger partial charge is 0.469 e. The van der Waals surface area contributed by atoms with Crippen molar-refractivity contribution in [3.8, 4) is 0 Å². The second-order valence-corrected chi connectivity index (χ2v) is 9.87. The topological polar surface area (TPSA) is 88.7 Å². The molecule has 9 heteroatoms. The van der Waals surface area contributed by atoms with E-state index in [1.54, 1.807) is 0 Å². The van der Waals surface area contributed by atoms with Crippen LogP contribution >= 0.6 is 11.6 Å². The van der Waals surface area contributed by atoms with Crippen molar-refractivity contribution in [1.29, 1.82) is 0 Å². The summed E-state index contributed by atoms with van der Waals surface area (Å²) in [5.74, 6) is -0.337.